The summed E-state index contributed by atoms with van der Waals surface area (Å²) in [7, 11) is 0. The number of aromatic nitrogens is 1. The van der Waals surface area contributed by atoms with Crippen molar-refractivity contribution in [1.29, 1.82) is 0 Å². The van der Waals surface area contributed by atoms with Crippen LogP contribution in [0.4, 0.5) is 17.1 Å². The lowest BCUT2D eigenvalue weighted by Gasteiger charge is -2.27. The topological polar surface area (TPSA) is 21.3 Å². The van der Waals surface area contributed by atoms with Crippen molar-refractivity contribution in [3.05, 3.63) is 218 Å². The second-order valence-corrected chi connectivity index (χ2v) is 15.3. The molecule has 0 amide bonds. The molecule has 10 aromatic carbocycles. The highest BCUT2D eigenvalue weighted by Gasteiger charge is 2.22. The molecule has 59 heavy (non-hydrogen) atoms. The van der Waals surface area contributed by atoms with Crippen molar-refractivity contribution in [3.8, 4) is 27.9 Å². The van der Waals surface area contributed by atoms with E-state index in [1.807, 2.05) is 0 Å². The average Bonchev–Trinajstić information content (AvgIpc) is 3.87. The number of furan rings is 1. The van der Waals surface area contributed by atoms with Gasteiger partial charge in [-0.1, -0.05) is 146 Å². The van der Waals surface area contributed by atoms with Crippen LogP contribution in [0.1, 0.15) is 0 Å². The van der Waals surface area contributed by atoms with Crippen LogP contribution < -0.4 is 4.90 Å². The maximum atomic E-state index is 6.73. The van der Waals surface area contributed by atoms with Gasteiger partial charge < -0.3 is 13.9 Å². The Labute approximate surface area is 341 Å². The van der Waals surface area contributed by atoms with Crippen LogP contribution in [-0.4, -0.2) is 4.57 Å². The van der Waals surface area contributed by atoms with E-state index >= 15 is 0 Å². The monoisotopic (exact) mass is 752 g/mol. The zero-order valence-corrected chi connectivity index (χ0v) is 32.1. The van der Waals surface area contributed by atoms with Crippen molar-refractivity contribution >= 4 is 82.4 Å². The van der Waals surface area contributed by atoms with Crippen LogP contribution in [0.25, 0.3) is 93.2 Å². The van der Waals surface area contributed by atoms with Crippen molar-refractivity contribution in [2.45, 2.75) is 0 Å². The predicted molar refractivity (Wildman–Crippen MR) is 249 cm³/mol. The molecule has 0 fully saturated rings. The fraction of sp³-hybridized carbons (Fsp3) is 0. The minimum atomic E-state index is 0.862. The number of fused-ring (bicyclic) bond motifs is 9. The van der Waals surface area contributed by atoms with Gasteiger partial charge in [0.2, 0.25) is 0 Å². The maximum absolute atomic E-state index is 6.73. The van der Waals surface area contributed by atoms with Crippen LogP contribution >= 0.6 is 0 Å². The van der Waals surface area contributed by atoms with Crippen LogP contribution in [0, 0.1) is 0 Å². The Bertz CT molecular complexity index is 3560. The lowest BCUT2D eigenvalue weighted by molar-refractivity contribution is 0.672. The summed E-state index contributed by atoms with van der Waals surface area (Å²) >= 11 is 0. The molecule has 12 aromatic rings. The van der Waals surface area contributed by atoms with E-state index < -0.39 is 0 Å². The molecule has 2 aromatic heterocycles. The second kappa shape index (κ2) is 13.4. The molecule has 0 bridgehead atoms. The number of hydrogen-bond donors (Lipinski definition) is 0. The van der Waals surface area contributed by atoms with Gasteiger partial charge >= 0.3 is 0 Å². The summed E-state index contributed by atoms with van der Waals surface area (Å²) in [5.74, 6) is 0. The fourth-order valence-corrected chi connectivity index (χ4v) is 9.25. The van der Waals surface area contributed by atoms with E-state index in [1.54, 1.807) is 0 Å². The molecule has 0 saturated carbocycles. The number of rotatable bonds is 6. The van der Waals surface area contributed by atoms with E-state index in [2.05, 4.69) is 228 Å². The Morgan fingerprint density at radius 2 is 1.07 bits per heavy atom. The van der Waals surface area contributed by atoms with E-state index in [9.17, 15) is 0 Å². The largest absolute Gasteiger partial charge is 0.455 e. The first-order valence-electron chi connectivity index (χ1n) is 20.2. The number of nitrogens with zero attached hydrogens (tertiary/aromatic N) is 2. The first-order valence-corrected chi connectivity index (χ1v) is 20.2. The van der Waals surface area contributed by atoms with Gasteiger partial charge in [-0.2, -0.15) is 0 Å². The highest BCUT2D eigenvalue weighted by Crippen LogP contribution is 2.46. The molecule has 0 spiro atoms. The first-order chi connectivity index (χ1) is 29.3. The fourth-order valence-electron chi connectivity index (χ4n) is 9.25. The van der Waals surface area contributed by atoms with E-state index in [-0.39, 0.29) is 0 Å². The summed E-state index contributed by atoms with van der Waals surface area (Å²) in [6.45, 7) is 0. The molecule has 2 heterocycles. The zero-order chi connectivity index (χ0) is 38.9. The first kappa shape index (κ1) is 33.3. The van der Waals surface area contributed by atoms with Gasteiger partial charge in [0.25, 0.3) is 0 Å². The van der Waals surface area contributed by atoms with Gasteiger partial charge in [-0.05, 0) is 111 Å². The third-order valence-corrected chi connectivity index (χ3v) is 11.9. The van der Waals surface area contributed by atoms with E-state index in [0.29, 0.717) is 0 Å². The molecular formula is C56H36N2O. The molecule has 0 aliphatic carbocycles. The van der Waals surface area contributed by atoms with E-state index in [0.717, 1.165) is 61.0 Å². The molecule has 0 unspecified atom stereocenters. The molecular weight excluding hydrogens is 717 g/mol. The van der Waals surface area contributed by atoms with Crippen LogP contribution in [-0.2, 0) is 0 Å². The quantitative estimate of drug-likeness (QED) is 0.169. The van der Waals surface area contributed by atoms with Gasteiger partial charge in [0.1, 0.15) is 11.2 Å². The van der Waals surface area contributed by atoms with Crippen molar-refractivity contribution in [2.24, 2.45) is 0 Å². The SMILES string of the molecule is c1ccc(-n2c3ccccc3c3c(-c4cccc(N(c5ccc(-c6ccc7ccccc7c6)cc5)c5cccc6oc7c8ccccc8ccc7c56)c4)cccc32)cc1. The molecule has 3 nitrogen and oxygen atoms in total. The summed E-state index contributed by atoms with van der Waals surface area (Å²) in [5.41, 5.74) is 13.2. The third-order valence-electron chi connectivity index (χ3n) is 11.9. The molecule has 0 aliphatic heterocycles. The minimum absolute atomic E-state index is 0.862. The van der Waals surface area contributed by atoms with Gasteiger partial charge in [-0.3, -0.25) is 0 Å². The number of anilines is 3. The van der Waals surface area contributed by atoms with Gasteiger partial charge in [0, 0.05) is 38.6 Å². The van der Waals surface area contributed by atoms with E-state index in [1.165, 1.54) is 49.3 Å². The summed E-state index contributed by atoms with van der Waals surface area (Å²) in [6, 6.07) is 78.7. The van der Waals surface area contributed by atoms with Gasteiger partial charge in [0.05, 0.1) is 22.1 Å². The average molecular weight is 753 g/mol. The molecule has 0 saturated heterocycles. The summed E-state index contributed by atoms with van der Waals surface area (Å²) in [5, 5.41) is 9.42. The lowest BCUT2D eigenvalue weighted by atomic mass is 9.98. The molecule has 0 atom stereocenters. The highest BCUT2D eigenvalue weighted by molar-refractivity contribution is 6.20. The molecule has 3 heteroatoms. The van der Waals surface area contributed by atoms with Gasteiger partial charge in [-0.25, -0.2) is 0 Å². The van der Waals surface area contributed by atoms with E-state index in [4.69, 9.17) is 4.42 Å². The lowest BCUT2D eigenvalue weighted by Crippen LogP contribution is -2.10. The predicted octanol–water partition coefficient (Wildman–Crippen LogP) is 15.8. The summed E-state index contributed by atoms with van der Waals surface area (Å²) in [4.78, 5) is 2.40. The van der Waals surface area contributed by atoms with Crippen molar-refractivity contribution in [1.82, 2.24) is 4.57 Å². The smallest absolute Gasteiger partial charge is 0.143 e. The van der Waals surface area contributed by atoms with Crippen molar-refractivity contribution in [3.63, 3.8) is 0 Å². The van der Waals surface area contributed by atoms with Crippen LogP contribution in [0.5, 0.6) is 0 Å². The molecule has 12 rings (SSSR count). The third kappa shape index (κ3) is 5.36. The standard InChI is InChI=1S/C56H36N2O/c1-2-17-43(18-3-1)58-50-23-9-8-21-48(50)54-46(22-11-24-51(54)58)42-16-10-19-45(36-42)57(44-32-29-38(30-33-44)41-28-27-37-13-4-5-15-40(37)35-41)52-25-12-26-53-55(52)49-34-31-39-14-6-7-20-47(39)56(49)59-53/h1-36H. The molecule has 276 valence electrons. The maximum Gasteiger partial charge on any atom is 0.143 e. The number of para-hydroxylation sites is 2. The number of benzene rings is 10. The number of hydrogen-bond acceptors (Lipinski definition) is 2. The zero-order valence-electron chi connectivity index (χ0n) is 32.1. The van der Waals surface area contributed by atoms with Crippen LogP contribution in [0.2, 0.25) is 0 Å². The summed E-state index contributed by atoms with van der Waals surface area (Å²) < 4.78 is 9.12. The Balaban J connectivity index is 1.07. The van der Waals surface area contributed by atoms with Gasteiger partial charge in [0.15, 0.2) is 0 Å². The highest BCUT2D eigenvalue weighted by atomic mass is 16.3. The molecule has 0 radical (unpaired) electrons. The Morgan fingerprint density at radius 1 is 0.373 bits per heavy atom. The molecule has 0 aliphatic rings. The van der Waals surface area contributed by atoms with Crippen molar-refractivity contribution in [2.75, 3.05) is 4.90 Å². The van der Waals surface area contributed by atoms with Crippen LogP contribution in [0.3, 0.4) is 0 Å². The summed E-state index contributed by atoms with van der Waals surface area (Å²) in [6.07, 6.45) is 0. The Morgan fingerprint density at radius 3 is 1.95 bits per heavy atom. The minimum Gasteiger partial charge on any atom is -0.455 e. The Kier molecular flexibility index (Phi) is 7.54. The normalized spacial score (nSPS) is 11.7. The van der Waals surface area contributed by atoms with Crippen molar-refractivity contribution < 1.29 is 4.42 Å². The second-order valence-electron chi connectivity index (χ2n) is 15.3. The van der Waals surface area contributed by atoms with Gasteiger partial charge in [-0.15, -0.1) is 0 Å². The van der Waals surface area contributed by atoms with Crippen LogP contribution in [0.15, 0.2) is 223 Å². The molecule has 0 N–H and O–H groups in total. The Hall–Kier alpha value is -7.88.